The molecule has 1 aliphatic rings. The molecular weight excluding hydrogens is 480 g/mol. The third-order valence-corrected chi connectivity index (χ3v) is 8.29. The Morgan fingerprint density at radius 1 is 1.09 bits per heavy atom. The number of aryl methyl sites for hydroxylation is 3. The van der Waals surface area contributed by atoms with E-state index in [1.807, 2.05) is 56.0 Å². The maximum Gasteiger partial charge on any atom is 0.276 e. The monoisotopic (exact) mass is 506 g/mol. The Bertz CT molecular complexity index is 1370. The van der Waals surface area contributed by atoms with Gasteiger partial charge in [-0.3, -0.25) is 14.7 Å². The maximum atomic E-state index is 13.0. The standard InChI is InChI=1S/C25H26N6O2S2/c1-14-20(17-7-5-4-6-8-17)22(30-29-14)28-23(32)19-13-34-24(27-19)18-9-11-31(12-10-18)25(33)21-15(2)26-16(3)35-21/h4-8,13,18H,9-12H2,1-3H3,(H2,28,29,30,32). The summed E-state index contributed by atoms with van der Waals surface area (Å²) in [5.41, 5.74) is 3.93. The summed E-state index contributed by atoms with van der Waals surface area (Å²) in [4.78, 5) is 37.5. The summed E-state index contributed by atoms with van der Waals surface area (Å²) in [5, 5.41) is 13.8. The molecule has 1 fully saturated rings. The van der Waals surface area contributed by atoms with Crippen molar-refractivity contribution in [1.82, 2.24) is 25.1 Å². The minimum Gasteiger partial charge on any atom is -0.338 e. The number of H-pyrrole nitrogens is 1. The Kier molecular flexibility index (Phi) is 6.48. The van der Waals surface area contributed by atoms with Crippen molar-refractivity contribution in [2.24, 2.45) is 0 Å². The number of thiazole rings is 2. The van der Waals surface area contributed by atoms with Gasteiger partial charge >= 0.3 is 0 Å². The number of hydrogen-bond acceptors (Lipinski definition) is 7. The Morgan fingerprint density at radius 2 is 1.83 bits per heavy atom. The van der Waals surface area contributed by atoms with E-state index in [0.29, 0.717) is 24.6 Å². The molecular formula is C25H26N6O2S2. The molecule has 4 heterocycles. The van der Waals surface area contributed by atoms with E-state index in [1.165, 1.54) is 22.7 Å². The van der Waals surface area contributed by atoms with E-state index in [0.717, 1.165) is 50.2 Å². The van der Waals surface area contributed by atoms with Crippen molar-refractivity contribution in [1.29, 1.82) is 0 Å². The lowest BCUT2D eigenvalue weighted by molar-refractivity contribution is 0.0717. The molecule has 0 aliphatic carbocycles. The first-order chi connectivity index (χ1) is 16.9. The predicted octanol–water partition coefficient (Wildman–Crippen LogP) is 5.19. The van der Waals surface area contributed by atoms with Gasteiger partial charge in [-0.1, -0.05) is 30.3 Å². The number of nitrogens with zero attached hydrogens (tertiary/aromatic N) is 4. The van der Waals surface area contributed by atoms with E-state index >= 15 is 0 Å². The van der Waals surface area contributed by atoms with Crippen LogP contribution in [0.15, 0.2) is 35.7 Å². The van der Waals surface area contributed by atoms with Crippen LogP contribution < -0.4 is 5.32 Å². The molecule has 35 heavy (non-hydrogen) atoms. The number of hydrogen-bond donors (Lipinski definition) is 2. The third kappa shape index (κ3) is 4.76. The average molecular weight is 507 g/mol. The van der Waals surface area contributed by atoms with Crippen LogP contribution in [0.2, 0.25) is 0 Å². The van der Waals surface area contributed by atoms with Crippen LogP contribution in [0.25, 0.3) is 11.1 Å². The van der Waals surface area contributed by atoms with Crippen LogP contribution >= 0.6 is 22.7 Å². The highest BCUT2D eigenvalue weighted by molar-refractivity contribution is 7.13. The van der Waals surface area contributed by atoms with Gasteiger partial charge in [-0.25, -0.2) is 9.97 Å². The topological polar surface area (TPSA) is 104 Å². The Morgan fingerprint density at radius 3 is 2.51 bits per heavy atom. The number of carbonyl (C=O) groups is 2. The molecule has 3 aromatic heterocycles. The van der Waals surface area contributed by atoms with Gasteiger partial charge in [0.1, 0.15) is 10.6 Å². The number of rotatable bonds is 5. The number of nitrogens with one attached hydrogen (secondary N) is 2. The van der Waals surface area contributed by atoms with E-state index < -0.39 is 0 Å². The lowest BCUT2D eigenvalue weighted by Crippen LogP contribution is -2.37. The zero-order valence-electron chi connectivity index (χ0n) is 19.8. The second kappa shape index (κ2) is 9.71. The molecule has 1 saturated heterocycles. The summed E-state index contributed by atoms with van der Waals surface area (Å²) in [6.07, 6.45) is 1.65. The van der Waals surface area contributed by atoms with Crippen LogP contribution in [-0.4, -0.2) is 50.0 Å². The van der Waals surface area contributed by atoms with Gasteiger partial charge in [0, 0.05) is 35.6 Å². The molecule has 0 atom stereocenters. The second-order valence-corrected chi connectivity index (χ2v) is 10.8. The van der Waals surface area contributed by atoms with Crippen molar-refractivity contribution in [2.45, 2.75) is 39.5 Å². The first-order valence-corrected chi connectivity index (χ1v) is 13.2. The number of piperidine rings is 1. The third-order valence-electron chi connectivity index (χ3n) is 6.23. The minimum absolute atomic E-state index is 0.0641. The Labute approximate surface area is 211 Å². The Hall–Kier alpha value is -3.37. The molecule has 10 heteroatoms. The molecule has 2 amide bonds. The molecule has 0 radical (unpaired) electrons. The summed E-state index contributed by atoms with van der Waals surface area (Å²) in [5.74, 6) is 0.519. The maximum absolute atomic E-state index is 13.0. The molecule has 180 valence electrons. The van der Waals surface area contributed by atoms with Gasteiger partial charge in [0.25, 0.3) is 11.8 Å². The summed E-state index contributed by atoms with van der Waals surface area (Å²) < 4.78 is 0. The van der Waals surface area contributed by atoms with Gasteiger partial charge in [0.15, 0.2) is 5.82 Å². The van der Waals surface area contributed by atoms with Gasteiger partial charge in [0.05, 0.1) is 15.7 Å². The van der Waals surface area contributed by atoms with E-state index in [4.69, 9.17) is 0 Å². The van der Waals surface area contributed by atoms with Gasteiger partial charge in [0.2, 0.25) is 0 Å². The molecule has 2 N–H and O–H groups in total. The smallest absolute Gasteiger partial charge is 0.276 e. The molecule has 8 nitrogen and oxygen atoms in total. The van der Waals surface area contributed by atoms with Gasteiger partial charge in [-0.15, -0.1) is 22.7 Å². The largest absolute Gasteiger partial charge is 0.338 e. The summed E-state index contributed by atoms with van der Waals surface area (Å²) in [6, 6.07) is 9.85. The highest BCUT2D eigenvalue weighted by atomic mass is 32.1. The number of carbonyl (C=O) groups excluding carboxylic acids is 2. The average Bonchev–Trinajstić information content (AvgIpc) is 3.58. The SMILES string of the molecule is Cc1nc(C)c(C(=O)N2CCC(c3nc(C(=O)Nc4n[nH]c(C)c4-c4ccccc4)cs3)CC2)s1. The first kappa shape index (κ1) is 23.4. The molecule has 0 unspecified atom stereocenters. The molecule has 0 bridgehead atoms. The van der Waals surface area contributed by atoms with Crippen molar-refractivity contribution in [3.05, 3.63) is 67.7 Å². The molecule has 4 aromatic rings. The highest BCUT2D eigenvalue weighted by Crippen LogP contribution is 2.33. The van der Waals surface area contributed by atoms with Crippen LogP contribution in [0, 0.1) is 20.8 Å². The van der Waals surface area contributed by atoms with Crippen molar-refractivity contribution in [3.8, 4) is 11.1 Å². The van der Waals surface area contributed by atoms with E-state index in [1.54, 1.807) is 5.38 Å². The molecule has 0 saturated carbocycles. The van der Waals surface area contributed by atoms with Crippen LogP contribution in [0.3, 0.4) is 0 Å². The Balaban J connectivity index is 1.23. The quantitative estimate of drug-likeness (QED) is 0.388. The number of aromatic amines is 1. The van der Waals surface area contributed by atoms with E-state index in [2.05, 4.69) is 25.5 Å². The van der Waals surface area contributed by atoms with Crippen molar-refractivity contribution >= 4 is 40.3 Å². The van der Waals surface area contributed by atoms with Crippen molar-refractivity contribution in [2.75, 3.05) is 18.4 Å². The number of aromatic nitrogens is 4. The van der Waals surface area contributed by atoms with Crippen LogP contribution in [-0.2, 0) is 0 Å². The molecule has 1 aromatic carbocycles. The minimum atomic E-state index is -0.278. The van der Waals surface area contributed by atoms with Crippen LogP contribution in [0.5, 0.6) is 0 Å². The van der Waals surface area contributed by atoms with Gasteiger partial charge < -0.3 is 10.2 Å². The van der Waals surface area contributed by atoms with Crippen molar-refractivity contribution in [3.63, 3.8) is 0 Å². The van der Waals surface area contributed by atoms with Crippen molar-refractivity contribution < 1.29 is 9.59 Å². The van der Waals surface area contributed by atoms with Crippen LogP contribution in [0.4, 0.5) is 5.82 Å². The van der Waals surface area contributed by atoms with Crippen LogP contribution in [0.1, 0.15) is 60.3 Å². The summed E-state index contributed by atoms with van der Waals surface area (Å²) in [7, 11) is 0. The number of likely N-dealkylation sites (tertiary alicyclic amines) is 1. The zero-order valence-corrected chi connectivity index (χ0v) is 21.4. The molecule has 1 aliphatic heterocycles. The fourth-order valence-corrected chi connectivity index (χ4v) is 6.29. The first-order valence-electron chi connectivity index (χ1n) is 11.5. The second-order valence-electron chi connectivity index (χ2n) is 8.68. The normalized spacial score (nSPS) is 14.3. The number of anilines is 1. The number of amides is 2. The van der Waals surface area contributed by atoms with E-state index in [-0.39, 0.29) is 17.7 Å². The fraction of sp³-hybridized carbons (Fsp3) is 0.320. The lowest BCUT2D eigenvalue weighted by atomic mass is 9.97. The fourth-order valence-electron chi connectivity index (χ4n) is 4.43. The highest BCUT2D eigenvalue weighted by Gasteiger charge is 2.29. The molecule has 0 spiro atoms. The summed E-state index contributed by atoms with van der Waals surface area (Å²) in [6.45, 7) is 7.09. The predicted molar refractivity (Wildman–Crippen MR) is 138 cm³/mol. The van der Waals surface area contributed by atoms with Gasteiger partial charge in [-0.2, -0.15) is 5.10 Å². The number of benzene rings is 1. The van der Waals surface area contributed by atoms with Gasteiger partial charge in [-0.05, 0) is 39.2 Å². The molecule has 5 rings (SSSR count). The summed E-state index contributed by atoms with van der Waals surface area (Å²) >= 11 is 2.96. The lowest BCUT2D eigenvalue weighted by Gasteiger charge is -2.30. The zero-order chi connectivity index (χ0) is 24.5. The van der Waals surface area contributed by atoms with E-state index in [9.17, 15) is 9.59 Å².